The van der Waals surface area contributed by atoms with Crippen molar-refractivity contribution in [3.8, 4) is 0 Å². The number of rotatable bonds is 5. The lowest BCUT2D eigenvalue weighted by Gasteiger charge is -2.12. The van der Waals surface area contributed by atoms with Crippen molar-refractivity contribution >= 4 is 29.0 Å². The maximum absolute atomic E-state index is 12.1. The normalized spacial score (nSPS) is 11.6. The molecule has 0 aliphatic heterocycles. The van der Waals surface area contributed by atoms with E-state index in [1.165, 1.54) is 19.1 Å². The quantitative estimate of drug-likeness (QED) is 0.360. The molecule has 0 amide bonds. The van der Waals surface area contributed by atoms with E-state index in [1.54, 1.807) is 30.3 Å². The molecule has 2 rings (SSSR count). The monoisotopic (exact) mass is 333 g/mol. The fourth-order valence-electron chi connectivity index (χ4n) is 1.90. The molecule has 0 N–H and O–H groups in total. The summed E-state index contributed by atoms with van der Waals surface area (Å²) in [6.07, 6.45) is -1.01. The summed E-state index contributed by atoms with van der Waals surface area (Å²) in [6, 6.07) is 11.9. The lowest BCUT2D eigenvalue weighted by Crippen LogP contribution is -2.24. The highest BCUT2D eigenvalue weighted by atomic mass is 35.5. The molecule has 0 bridgehead atoms. The van der Waals surface area contributed by atoms with Gasteiger partial charge in [-0.05, 0) is 19.1 Å². The van der Waals surface area contributed by atoms with Gasteiger partial charge in [0.25, 0.3) is 5.69 Å². The summed E-state index contributed by atoms with van der Waals surface area (Å²) in [5.41, 5.74) is -0.0353. The van der Waals surface area contributed by atoms with Gasteiger partial charge in [0, 0.05) is 11.6 Å². The number of nitrogens with zero attached hydrogens (tertiary/aromatic N) is 1. The predicted octanol–water partition coefficient (Wildman–Crippen LogP) is 3.68. The van der Waals surface area contributed by atoms with Gasteiger partial charge in [-0.25, -0.2) is 4.79 Å². The van der Waals surface area contributed by atoms with Crippen molar-refractivity contribution < 1.29 is 19.2 Å². The topological polar surface area (TPSA) is 86.5 Å². The van der Waals surface area contributed by atoms with E-state index >= 15 is 0 Å². The van der Waals surface area contributed by atoms with Crippen molar-refractivity contribution in [2.75, 3.05) is 0 Å². The van der Waals surface area contributed by atoms with Gasteiger partial charge in [0.05, 0.1) is 10.5 Å². The zero-order valence-corrected chi connectivity index (χ0v) is 12.8. The smallest absolute Gasteiger partial charge is 0.339 e. The lowest BCUT2D eigenvalue weighted by atomic mass is 10.1. The molecule has 0 saturated heterocycles. The molecule has 2 aromatic carbocycles. The Morgan fingerprint density at radius 1 is 1.13 bits per heavy atom. The van der Waals surface area contributed by atoms with Crippen LogP contribution in [0.5, 0.6) is 0 Å². The van der Waals surface area contributed by atoms with E-state index in [9.17, 15) is 19.7 Å². The number of benzene rings is 2. The zero-order valence-electron chi connectivity index (χ0n) is 12.1. The number of nitro benzene ring substituents is 1. The van der Waals surface area contributed by atoms with Gasteiger partial charge in [0.2, 0.25) is 5.78 Å². The summed E-state index contributed by atoms with van der Waals surface area (Å²) in [7, 11) is 0. The molecule has 0 heterocycles. The SMILES string of the molecule is C[C@@H](OC(=O)c1ccc(Cl)c([N+](=O)[O-])c1)C(=O)c1ccccc1. The molecule has 0 spiro atoms. The van der Waals surface area contributed by atoms with Crippen LogP contribution in [-0.2, 0) is 4.74 Å². The minimum absolute atomic E-state index is 0.0474. The van der Waals surface area contributed by atoms with Crippen LogP contribution in [-0.4, -0.2) is 22.8 Å². The largest absolute Gasteiger partial charge is 0.451 e. The van der Waals surface area contributed by atoms with E-state index in [1.807, 2.05) is 0 Å². The summed E-state index contributed by atoms with van der Waals surface area (Å²) < 4.78 is 5.07. The van der Waals surface area contributed by atoms with Crippen LogP contribution in [0.25, 0.3) is 0 Å². The maximum atomic E-state index is 12.1. The first kappa shape index (κ1) is 16.6. The Morgan fingerprint density at radius 2 is 1.78 bits per heavy atom. The van der Waals surface area contributed by atoms with Crippen molar-refractivity contribution in [1.82, 2.24) is 0 Å². The third-order valence-corrected chi connectivity index (χ3v) is 3.41. The molecule has 0 aliphatic rings. The average molecular weight is 334 g/mol. The van der Waals surface area contributed by atoms with Gasteiger partial charge in [-0.3, -0.25) is 14.9 Å². The second-order valence-electron chi connectivity index (χ2n) is 4.70. The number of halogens is 1. The highest BCUT2D eigenvalue weighted by Crippen LogP contribution is 2.25. The molecule has 6 nitrogen and oxygen atoms in total. The molecule has 2 aromatic rings. The summed E-state index contributed by atoms with van der Waals surface area (Å²) in [5, 5.41) is 10.7. The van der Waals surface area contributed by atoms with E-state index in [0.29, 0.717) is 5.56 Å². The first-order valence-electron chi connectivity index (χ1n) is 6.64. The lowest BCUT2D eigenvalue weighted by molar-refractivity contribution is -0.384. The summed E-state index contributed by atoms with van der Waals surface area (Å²) in [4.78, 5) is 34.3. The molecule has 7 heteroatoms. The molecule has 23 heavy (non-hydrogen) atoms. The third kappa shape index (κ3) is 3.92. The first-order valence-corrected chi connectivity index (χ1v) is 7.02. The molecular formula is C16H12ClNO5. The molecular weight excluding hydrogens is 322 g/mol. The molecule has 0 aromatic heterocycles. The first-order chi connectivity index (χ1) is 10.9. The minimum Gasteiger partial charge on any atom is -0.451 e. The summed E-state index contributed by atoms with van der Waals surface area (Å²) in [6.45, 7) is 1.44. The predicted molar refractivity (Wildman–Crippen MR) is 83.8 cm³/mol. The van der Waals surface area contributed by atoms with Gasteiger partial charge >= 0.3 is 5.97 Å². The van der Waals surface area contributed by atoms with E-state index in [2.05, 4.69) is 0 Å². The Bertz CT molecular complexity index is 760. The van der Waals surface area contributed by atoms with Gasteiger partial charge in [-0.1, -0.05) is 41.9 Å². The van der Waals surface area contributed by atoms with Crippen molar-refractivity contribution in [3.63, 3.8) is 0 Å². The van der Waals surface area contributed by atoms with Gasteiger partial charge in [-0.2, -0.15) is 0 Å². The van der Waals surface area contributed by atoms with Crippen molar-refractivity contribution in [2.45, 2.75) is 13.0 Å². The van der Waals surface area contributed by atoms with Crippen LogP contribution in [0.1, 0.15) is 27.6 Å². The number of carbonyl (C=O) groups is 2. The molecule has 0 unspecified atom stereocenters. The maximum Gasteiger partial charge on any atom is 0.339 e. The van der Waals surface area contributed by atoms with E-state index in [0.717, 1.165) is 6.07 Å². The van der Waals surface area contributed by atoms with E-state index in [-0.39, 0.29) is 16.4 Å². The van der Waals surface area contributed by atoms with Crippen LogP contribution < -0.4 is 0 Å². The number of esters is 1. The number of hydrogen-bond acceptors (Lipinski definition) is 5. The number of ketones is 1. The van der Waals surface area contributed by atoms with Gasteiger partial charge in [0.1, 0.15) is 5.02 Å². The second kappa shape index (κ2) is 7.02. The summed E-state index contributed by atoms with van der Waals surface area (Å²) in [5.74, 6) is -1.19. The summed E-state index contributed by atoms with van der Waals surface area (Å²) >= 11 is 5.68. The minimum atomic E-state index is -1.01. The highest BCUT2D eigenvalue weighted by Gasteiger charge is 2.22. The average Bonchev–Trinajstić information content (AvgIpc) is 2.54. The van der Waals surface area contributed by atoms with Crippen LogP contribution in [0.3, 0.4) is 0 Å². The molecule has 118 valence electrons. The molecule has 0 aliphatic carbocycles. The number of carbonyl (C=O) groups excluding carboxylic acids is 2. The Labute approximate surface area is 136 Å². The Hall–Kier alpha value is -2.73. The van der Waals surface area contributed by atoms with Crippen molar-refractivity contribution in [2.24, 2.45) is 0 Å². The Balaban J connectivity index is 2.14. The van der Waals surface area contributed by atoms with Crippen LogP contribution in [0.2, 0.25) is 5.02 Å². The van der Waals surface area contributed by atoms with Gasteiger partial charge in [0.15, 0.2) is 6.10 Å². The molecule has 0 fully saturated rings. The fourth-order valence-corrected chi connectivity index (χ4v) is 2.09. The standard InChI is InChI=1S/C16H12ClNO5/c1-10(15(19)11-5-3-2-4-6-11)23-16(20)12-7-8-13(17)14(9-12)18(21)22/h2-10H,1H3/t10-/m1/s1. The number of nitro groups is 1. The van der Waals surface area contributed by atoms with Gasteiger partial charge in [-0.15, -0.1) is 0 Å². The Kier molecular flexibility index (Phi) is 5.08. The van der Waals surface area contributed by atoms with Crippen LogP contribution in [0, 0.1) is 10.1 Å². The Morgan fingerprint density at radius 3 is 2.39 bits per heavy atom. The van der Waals surface area contributed by atoms with Crippen LogP contribution >= 0.6 is 11.6 Å². The van der Waals surface area contributed by atoms with Crippen molar-refractivity contribution in [1.29, 1.82) is 0 Å². The van der Waals surface area contributed by atoms with Gasteiger partial charge < -0.3 is 4.74 Å². The van der Waals surface area contributed by atoms with Crippen LogP contribution in [0.4, 0.5) is 5.69 Å². The van der Waals surface area contributed by atoms with Crippen molar-refractivity contribution in [3.05, 3.63) is 74.8 Å². The fraction of sp³-hybridized carbons (Fsp3) is 0.125. The molecule has 0 radical (unpaired) electrons. The highest BCUT2D eigenvalue weighted by molar-refractivity contribution is 6.32. The molecule has 0 saturated carbocycles. The number of hydrogen-bond donors (Lipinski definition) is 0. The zero-order chi connectivity index (χ0) is 17.0. The van der Waals surface area contributed by atoms with E-state index < -0.39 is 22.7 Å². The van der Waals surface area contributed by atoms with E-state index in [4.69, 9.17) is 16.3 Å². The van der Waals surface area contributed by atoms with Crippen LogP contribution in [0.15, 0.2) is 48.5 Å². The second-order valence-corrected chi connectivity index (χ2v) is 5.11. The third-order valence-electron chi connectivity index (χ3n) is 3.09. The number of Topliss-reactive ketones (excluding diaryl/α,β-unsaturated/α-hetero) is 1. The molecule has 1 atom stereocenters. The number of ether oxygens (including phenoxy) is 1.